The summed E-state index contributed by atoms with van der Waals surface area (Å²) in [5.41, 5.74) is 0.420. The predicted octanol–water partition coefficient (Wildman–Crippen LogP) is 0.795. The predicted molar refractivity (Wildman–Crippen MR) is 72.3 cm³/mol. The minimum absolute atomic E-state index is 0.0213. The van der Waals surface area contributed by atoms with Crippen molar-refractivity contribution in [3.05, 3.63) is 18.1 Å². The third-order valence-electron chi connectivity index (χ3n) is 3.26. The van der Waals surface area contributed by atoms with Gasteiger partial charge in [-0.05, 0) is 12.8 Å². The molecule has 0 N–H and O–H groups in total. The van der Waals surface area contributed by atoms with Gasteiger partial charge in [-0.15, -0.1) is 0 Å². The summed E-state index contributed by atoms with van der Waals surface area (Å²) in [5, 5.41) is 0. The van der Waals surface area contributed by atoms with Gasteiger partial charge in [0.15, 0.2) is 0 Å². The van der Waals surface area contributed by atoms with Crippen molar-refractivity contribution in [3.63, 3.8) is 0 Å². The fourth-order valence-corrected chi connectivity index (χ4v) is 2.07. The van der Waals surface area contributed by atoms with Crippen LogP contribution in [0.3, 0.4) is 0 Å². The van der Waals surface area contributed by atoms with Gasteiger partial charge >= 0.3 is 0 Å². The van der Waals surface area contributed by atoms with Crippen molar-refractivity contribution in [1.29, 1.82) is 0 Å². The molecule has 19 heavy (non-hydrogen) atoms. The molecule has 0 radical (unpaired) electrons. The Kier molecular flexibility index (Phi) is 4.68. The van der Waals surface area contributed by atoms with E-state index in [4.69, 9.17) is 4.74 Å². The zero-order chi connectivity index (χ0) is 13.7. The number of anilines is 1. The minimum atomic E-state index is -0.0213. The van der Waals surface area contributed by atoms with E-state index in [1.165, 1.54) is 6.20 Å². The topological polar surface area (TPSA) is 58.6 Å². The Morgan fingerprint density at radius 2 is 2.16 bits per heavy atom. The van der Waals surface area contributed by atoms with E-state index in [-0.39, 0.29) is 5.91 Å². The van der Waals surface area contributed by atoms with Gasteiger partial charge in [-0.25, -0.2) is 4.98 Å². The van der Waals surface area contributed by atoms with Gasteiger partial charge in [-0.3, -0.25) is 9.78 Å². The summed E-state index contributed by atoms with van der Waals surface area (Å²) in [5.74, 6) is 0.675. The van der Waals surface area contributed by atoms with E-state index in [9.17, 15) is 4.79 Å². The van der Waals surface area contributed by atoms with Crippen LogP contribution in [0.5, 0.6) is 0 Å². The molecule has 0 atom stereocenters. The Balaban J connectivity index is 2.07. The van der Waals surface area contributed by atoms with Crippen LogP contribution in [0.25, 0.3) is 0 Å². The summed E-state index contributed by atoms with van der Waals surface area (Å²) in [6.07, 6.45) is 5.35. The molecule has 1 aromatic rings. The summed E-state index contributed by atoms with van der Waals surface area (Å²) < 4.78 is 5.03. The SMILES string of the molecule is COCCN(C)c1cncc(C(=O)N2CCCC2)n1. The first kappa shape index (κ1) is 13.7. The minimum Gasteiger partial charge on any atom is -0.383 e. The van der Waals surface area contributed by atoms with Crippen LogP contribution >= 0.6 is 0 Å². The van der Waals surface area contributed by atoms with Gasteiger partial charge in [-0.1, -0.05) is 0 Å². The second kappa shape index (κ2) is 6.47. The molecule has 0 aromatic carbocycles. The van der Waals surface area contributed by atoms with Crippen LogP contribution in [0.15, 0.2) is 12.4 Å². The van der Waals surface area contributed by atoms with Gasteiger partial charge in [0, 0.05) is 33.8 Å². The Morgan fingerprint density at radius 3 is 2.84 bits per heavy atom. The molecule has 2 heterocycles. The molecular formula is C13H20N4O2. The molecule has 1 fully saturated rings. The van der Waals surface area contributed by atoms with Gasteiger partial charge in [0.05, 0.1) is 19.0 Å². The molecule has 0 aliphatic carbocycles. The van der Waals surface area contributed by atoms with E-state index in [1.807, 2.05) is 16.8 Å². The Hall–Kier alpha value is -1.69. The molecule has 1 aromatic heterocycles. The quantitative estimate of drug-likeness (QED) is 0.787. The van der Waals surface area contributed by atoms with Crippen molar-refractivity contribution >= 4 is 11.7 Å². The smallest absolute Gasteiger partial charge is 0.274 e. The summed E-state index contributed by atoms with van der Waals surface area (Å²) in [6.45, 7) is 2.98. The van der Waals surface area contributed by atoms with Crippen LogP contribution in [0.1, 0.15) is 23.3 Å². The number of carbonyl (C=O) groups excluding carboxylic acids is 1. The van der Waals surface area contributed by atoms with E-state index < -0.39 is 0 Å². The molecular weight excluding hydrogens is 244 g/mol. The average molecular weight is 264 g/mol. The molecule has 0 unspecified atom stereocenters. The number of methoxy groups -OCH3 is 1. The molecule has 0 spiro atoms. The Morgan fingerprint density at radius 1 is 1.42 bits per heavy atom. The maximum Gasteiger partial charge on any atom is 0.274 e. The molecule has 6 nitrogen and oxygen atoms in total. The summed E-state index contributed by atoms with van der Waals surface area (Å²) >= 11 is 0. The highest BCUT2D eigenvalue weighted by atomic mass is 16.5. The van der Waals surface area contributed by atoms with E-state index in [0.29, 0.717) is 24.7 Å². The van der Waals surface area contributed by atoms with Gasteiger partial charge in [0.2, 0.25) is 0 Å². The van der Waals surface area contributed by atoms with E-state index in [0.717, 1.165) is 25.9 Å². The van der Waals surface area contributed by atoms with Crippen molar-refractivity contribution in [2.75, 3.05) is 45.3 Å². The van der Waals surface area contributed by atoms with Gasteiger partial charge < -0.3 is 14.5 Å². The normalized spacial score (nSPS) is 14.7. The van der Waals surface area contributed by atoms with Crippen LogP contribution in [-0.4, -0.2) is 61.2 Å². The van der Waals surface area contributed by atoms with Gasteiger partial charge in [0.1, 0.15) is 11.5 Å². The lowest BCUT2D eigenvalue weighted by Crippen LogP contribution is -2.29. The van der Waals surface area contributed by atoms with Gasteiger partial charge in [-0.2, -0.15) is 0 Å². The molecule has 0 bridgehead atoms. The number of likely N-dealkylation sites (tertiary alicyclic amines) is 1. The third-order valence-corrected chi connectivity index (χ3v) is 3.26. The fraction of sp³-hybridized carbons (Fsp3) is 0.615. The molecule has 1 aliphatic heterocycles. The number of hydrogen-bond donors (Lipinski definition) is 0. The number of carbonyl (C=O) groups is 1. The van der Waals surface area contributed by atoms with Crippen molar-refractivity contribution in [1.82, 2.24) is 14.9 Å². The largest absolute Gasteiger partial charge is 0.383 e. The number of amides is 1. The summed E-state index contributed by atoms with van der Waals surface area (Å²) in [7, 11) is 3.57. The molecule has 104 valence electrons. The molecule has 2 rings (SSSR count). The summed E-state index contributed by atoms with van der Waals surface area (Å²) in [4.78, 5) is 24.5. The Bertz CT molecular complexity index is 432. The lowest BCUT2D eigenvalue weighted by molar-refractivity contribution is 0.0786. The third kappa shape index (κ3) is 3.41. The van der Waals surface area contributed by atoms with E-state index in [1.54, 1.807) is 13.3 Å². The van der Waals surface area contributed by atoms with Crippen molar-refractivity contribution < 1.29 is 9.53 Å². The van der Waals surface area contributed by atoms with E-state index in [2.05, 4.69) is 9.97 Å². The number of hydrogen-bond acceptors (Lipinski definition) is 5. The first-order valence-corrected chi connectivity index (χ1v) is 6.54. The first-order valence-electron chi connectivity index (χ1n) is 6.54. The molecule has 6 heteroatoms. The highest BCUT2D eigenvalue weighted by Gasteiger charge is 2.21. The number of ether oxygens (including phenoxy) is 1. The van der Waals surface area contributed by atoms with Crippen LogP contribution in [0.4, 0.5) is 5.82 Å². The molecule has 1 amide bonds. The number of likely N-dealkylation sites (N-methyl/N-ethyl adjacent to an activating group) is 1. The number of rotatable bonds is 5. The number of nitrogens with zero attached hydrogens (tertiary/aromatic N) is 4. The van der Waals surface area contributed by atoms with E-state index >= 15 is 0 Å². The van der Waals surface area contributed by atoms with Crippen molar-refractivity contribution in [2.24, 2.45) is 0 Å². The van der Waals surface area contributed by atoms with Crippen LogP contribution < -0.4 is 4.90 Å². The first-order chi connectivity index (χ1) is 9.22. The monoisotopic (exact) mass is 264 g/mol. The standard InChI is InChI=1S/C13H20N4O2/c1-16(7-8-19-2)12-10-14-9-11(15-12)13(18)17-5-3-4-6-17/h9-10H,3-8H2,1-2H3. The molecule has 1 saturated heterocycles. The zero-order valence-corrected chi connectivity index (χ0v) is 11.5. The van der Waals surface area contributed by atoms with Crippen molar-refractivity contribution in [3.8, 4) is 0 Å². The van der Waals surface area contributed by atoms with Gasteiger partial charge in [0.25, 0.3) is 5.91 Å². The fourth-order valence-electron chi connectivity index (χ4n) is 2.07. The maximum atomic E-state index is 12.2. The second-order valence-corrected chi connectivity index (χ2v) is 4.68. The highest BCUT2D eigenvalue weighted by molar-refractivity contribution is 5.92. The highest BCUT2D eigenvalue weighted by Crippen LogP contribution is 2.13. The summed E-state index contributed by atoms with van der Waals surface area (Å²) in [6, 6.07) is 0. The second-order valence-electron chi connectivity index (χ2n) is 4.68. The van der Waals surface area contributed by atoms with Crippen LogP contribution in [-0.2, 0) is 4.74 Å². The molecule has 0 saturated carbocycles. The Labute approximate surface area is 113 Å². The molecule has 1 aliphatic rings. The number of aromatic nitrogens is 2. The lowest BCUT2D eigenvalue weighted by atomic mass is 10.4. The zero-order valence-electron chi connectivity index (χ0n) is 11.5. The van der Waals surface area contributed by atoms with Crippen LogP contribution in [0.2, 0.25) is 0 Å². The van der Waals surface area contributed by atoms with Crippen molar-refractivity contribution in [2.45, 2.75) is 12.8 Å². The average Bonchev–Trinajstić information content (AvgIpc) is 2.98. The van der Waals surface area contributed by atoms with Crippen LogP contribution in [0, 0.1) is 0 Å². The maximum absolute atomic E-state index is 12.2. The lowest BCUT2D eigenvalue weighted by Gasteiger charge is -2.19.